The van der Waals surface area contributed by atoms with Crippen LogP contribution in [0, 0.1) is 0 Å². The standard InChI is InChI=1S/C25H35N5O/c1-2-9-21-18-26-25(27-19-21)29-16-14-28(15-17-29)20-24(31)30(22-10-5-3-6-11-22)23-12-7-4-8-13-23/h3,5-6,10-11,18-19,23H,2,4,7-9,12-17,20H2,1H3. The van der Waals surface area contributed by atoms with Crippen molar-refractivity contribution in [2.45, 2.75) is 57.9 Å². The molecule has 1 aromatic carbocycles. The van der Waals surface area contributed by atoms with Crippen LogP contribution in [0.3, 0.4) is 0 Å². The molecule has 4 rings (SSSR count). The monoisotopic (exact) mass is 421 g/mol. The van der Waals surface area contributed by atoms with Gasteiger partial charge in [0.2, 0.25) is 11.9 Å². The topological polar surface area (TPSA) is 52.6 Å². The number of benzene rings is 1. The Labute approximate surface area is 186 Å². The van der Waals surface area contributed by atoms with Crippen LogP contribution in [0.4, 0.5) is 11.6 Å². The number of carbonyl (C=O) groups is 1. The fraction of sp³-hybridized carbons (Fsp3) is 0.560. The molecular formula is C25H35N5O. The highest BCUT2D eigenvalue weighted by molar-refractivity contribution is 5.95. The van der Waals surface area contributed by atoms with Gasteiger partial charge in [0.15, 0.2) is 0 Å². The van der Waals surface area contributed by atoms with Gasteiger partial charge in [-0.05, 0) is 37.0 Å². The van der Waals surface area contributed by atoms with Crippen molar-refractivity contribution in [3.63, 3.8) is 0 Å². The van der Waals surface area contributed by atoms with Crippen molar-refractivity contribution in [1.82, 2.24) is 14.9 Å². The highest BCUT2D eigenvalue weighted by Crippen LogP contribution is 2.27. The molecule has 0 bridgehead atoms. The van der Waals surface area contributed by atoms with Gasteiger partial charge in [-0.2, -0.15) is 0 Å². The summed E-state index contributed by atoms with van der Waals surface area (Å²) < 4.78 is 0. The zero-order chi connectivity index (χ0) is 21.5. The Bertz CT molecular complexity index is 812. The highest BCUT2D eigenvalue weighted by Gasteiger charge is 2.29. The summed E-state index contributed by atoms with van der Waals surface area (Å²) in [5.41, 5.74) is 2.23. The summed E-state index contributed by atoms with van der Waals surface area (Å²) >= 11 is 0. The van der Waals surface area contributed by atoms with Crippen molar-refractivity contribution in [2.75, 3.05) is 42.5 Å². The Morgan fingerprint density at radius 2 is 1.68 bits per heavy atom. The van der Waals surface area contributed by atoms with E-state index < -0.39 is 0 Å². The predicted molar refractivity (Wildman–Crippen MR) is 125 cm³/mol. The van der Waals surface area contributed by atoms with Gasteiger partial charge in [0.05, 0.1) is 6.54 Å². The minimum atomic E-state index is 0.228. The highest BCUT2D eigenvalue weighted by atomic mass is 16.2. The van der Waals surface area contributed by atoms with Gasteiger partial charge in [-0.3, -0.25) is 9.69 Å². The molecule has 0 N–H and O–H groups in total. The zero-order valence-corrected chi connectivity index (χ0v) is 18.7. The third-order valence-electron chi connectivity index (χ3n) is 6.49. The molecule has 6 heteroatoms. The Hall–Kier alpha value is -2.47. The number of anilines is 2. The molecule has 2 aliphatic rings. The van der Waals surface area contributed by atoms with E-state index in [0.717, 1.165) is 63.5 Å². The quantitative estimate of drug-likeness (QED) is 0.678. The van der Waals surface area contributed by atoms with Crippen molar-refractivity contribution < 1.29 is 4.79 Å². The summed E-state index contributed by atoms with van der Waals surface area (Å²) in [6, 6.07) is 10.6. The molecule has 31 heavy (non-hydrogen) atoms. The lowest BCUT2D eigenvalue weighted by Gasteiger charge is -2.38. The molecule has 1 aromatic heterocycles. The minimum absolute atomic E-state index is 0.228. The van der Waals surface area contributed by atoms with Gasteiger partial charge in [-0.1, -0.05) is 50.8 Å². The van der Waals surface area contributed by atoms with Crippen LogP contribution in [0.1, 0.15) is 51.0 Å². The second-order valence-corrected chi connectivity index (χ2v) is 8.80. The molecule has 1 amide bonds. The smallest absolute Gasteiger partial charge is 0.241 e. The van der Waals surface area contributed by atoms with Crippen molar-refractivity contribution in [3.8, 4) is 0 Å². The number of aryl methyl sites for hydroxylation is 1. The van der Waals surface area contributed by atoms with E-state index in [1.54, 1.807) is 0 Å². The molecule has 1 saturated heterocycles. The van der Waals surface area contributed by atoms with Crippen LogP contribution in [0.25, 0.3) is 0 Å². The fourth-order valence-corrected chi connectivity index (χ4v) is 4.79. The number of hydrogen-bond donors (Lipinski definition) is 0. The second kappa shape index (κ2) is 10.7. The van der Waals surface area contributed by atoms with Gasteiger partial charge >= 0.3 is 0 Å². The van der Waals surface area contributed by atoms with Gasteiger partial charge in [0.1, 0.15) is 0 Å². The van der Waals surface area contributed by atoms with E-state index in [0.29, 0.717) is 12.6 Å². The Morgan fingerprint density at radius 3 is 2.32 bits per heavy atom. The molecule has 1 saturated carbocycles. The molecule has 0 unspecified atom stereocenters. The zero-order valence-electron chi connectivity index (χ0n) is 18.7. The third-order valence-corrected chi connectivity index (χ3v) is 6.49. The summed E-state index contributed by atoms with van der Waals surface area (Å²) in [5.74, 6) is 1.03. The summed E-state index contributed by atoms with van der Waals surface area (Å²) in [6.45, 7) is 6.08. The van der Waals surface area contributed by atoms with Gasteiger partial charge in [-0.15, -0.1) is 0 Å². The maximum absolute atomic E-state index is 13.4. The van der Waals surface area contributed by atoms with E-state index in [-0.39, 0.29) is 5.91 Å². The molecule has 166 valence electrons. The number of hydrogen-bond acceptors (Lipinski definition) is 5. The summed E-state index contributed by atoms with van der Waals surface area (Å²) in [5, 5.41) is 0. The molecule has 2 fully saturated rings. The second-order valence-electron chi connectivity index (χ2n) is 8.80. The van der Waals surface area contributed by atoms with Crippen molar-refractivity contribution >= 4 is 17.5 Å². The van der Waals surface area contributed by atoms with E-state index in [9.17, 15) is 4.79 Å². The molecule has 0 atom stereocenters. The molecule has 2 aromatic rings. The number of carbonyl (C=O) groups excluding carboxylic acids is 1. The molecule has 1 aliphatic carbocycles. The average Bonchev–Trinajstić information content (AvgIpc) is 2.82. The maximum Gasteiger partial charge on any atom is 0.241 e. The first kappa shape index (κ1) is 21.8. The first-order chi connectivity index (χ1) is 15.2. The van der Waals surface area contributed by atoms with Crippen molar-refractivity contribution in [2.24, 2.45) is 0 Å². The maximum atomic E-state index is 13.4. The Balaban J connectivity index is 1.35. The summed E-state index contributed by atoms with van der Waals surface area (Å²) in [6.07, 6.45) is 12.0. The van der Waals surface area contributed by atoms with E-state index in [2.05, 4.69) is 43.7 Å². The predicted octanol–water partition coefficient (Wildman–Crippen LogP) is 3.92. The summed E-state index contributed by atoms with van der Waals surface area (Å²) in [4.78, 5) is 29.1. The number of aromatic nitrogens is 2. The average molecular weight is 422 g/mol. The molecule has 0 radical (unpaired) electrons. The van der Waals surface area contributed by atoms with E-state index in [4.69, 9.17) is 0 Å². The number of nitrogens with zero attached hydrogens (tertiary/aromatic N) is 5. The summed E-state index contributed by atoms with van der Waals surface area (Å²) in [7, 11) is 0. The lowest BCUT2D eigenvalue weighted by atomic mass is 9.93. The van der Waals surface area contributed by atoms with Gasteiger partial charge in [-0.25, -0.2) is 9.97 Å². The number of rotatable bonds is 7. The lowest BCUT2D eigenvalue weighted by molar-refractivity contribution is -0.120. The molecular weight excluding hydrogens is 386 g/mol. The van der Waals surface area contributed by atoms with Crippen LogP contribution in [0.5, 0.6) is 0 Å². The van der Waals surface area contributed by atoms with Crippen LogP contribution in [0.2, 0.25) is 0 Å². The van der Waals surface area contributed by atoms with Crippen molar-refractivity contribution in [3.05, 3.63) is 48.3 Å². The van der Waals surface area contributed by atoms with E-state index in [1.807, 2.05) is 30.6 Å². The molecule has 1 aliphatic heterocycles. The van der Waals surface area contributed by atoms with Crippen LogP contribution < -0.4 is 9.80 Å². The lowest BCUT2D eigenvalue weighted by Crippen LogP contribution is -2.52. The van der Waals surface area contributed by atoms with Gasteiger partial charge in [0, 0.05) is 50.3 Å². The first-order valence-corrected chi connectivity index (χ1v) is 11.9. The SMILES string of the molecule is CCCc1cnc(N2CCN(CC(=O)N(c3ccccc3)C3CCCCC3)CC2)nc1. The van der Waals surface area contributed by atoms with Crippen LogP contribution in [-0.4, -0.2) is 59.5 Å². The number of amides is 1. The molecule has 0 spiro atoms. The molecule has 2 heterocycles. The van der Waals surface area contributed by atoms with Crippen LogP contribution >= 0.6 is 0 Å². The first-order valence-electron chi connectivity index (χ1n) is 11.9. The van der Waals surface area contributed by atoms with Crippen molar-refractivity contribution in [1.29, 1.82) is 0 Å². The third kappa shape index (κ3) is 5.62. The van der Waals surface area contributed by atoms with E-state index in [1.165, 1.54) is 24.8 Å². The largest absolute Gasteiger partial charge is 0.338 e. The fourth-order valence-electron chi connectivity index (χ4n) is 4.79. The Morgan fingerprint density at radius 1 is 1.00 bits per heavy atom. The number of para-hydroxylation sites is 1. The van der Waals surface area contributed by atoms with Gasteiger partial charge in [0.25, 0.3) is 0 Å². The van der Waals surface area contributed by atoms with E-state index >= 15 is 0 Å². The van der Waals surface area contributed by atoms with Gasteiger partial charge < -0.3 is 9.80 Å². The van der Waals surface area contributed by atoms with Crippen LogP contribution in [-0.2, 0) is 11.2 Å². The van der Waals surface area contributed by atoms with Crippen LogP contribution in [0.15, 0.2) is 42.7 Å². The normalized spacial score (nSPS) is 18.2. The minimum Gasteiger partial charge on any atom is -0.338 e. The Kier molecular flexibility index (Phi) is 7.52. The number of piperazine rings is 1. The molecule has 6 nitrogen and oxygen atoms in total.